The van der Waals surface area contributed by atoms with Crippen molar-refractivity contribution in [3.8, 4) is 17.2 Å². The van der Waals surface area contributed by atoms with Gasteiger partial charge < -0.3 is 19.9 Å². The van der Waals surface area contributed by atoms with Crippen LogP contribution in [0, 0.1) is 0 Å². The molecular weight excluding hydrogens is 258 g/mol. The van der Waals surface area contributed by atoms with E-state index < -0.39 is 0 Å². The summed E-state index contributed by atoms with van der Waals surface area (Å²) in [5, 5.41) is 0. The molecule has 0 bridgehead atoms. The second-order valence-corrected chi connectivity index (χ2v) is 4.98. The average molecular weight is 279 g/mol. The first-order valence-electron chi connectivity index (χ1n) is 6.72. The number of amides is 1. The minimum atomic E-state index is -0.292. The maximum atomic E-state index is 11.3. The van der Waals surface area contributed by atoms with Gasteiger partial charge in [0.1, 0.15) is 0 Å². The van der Waals surface area contributed by atoms with Crippen LogP contribution in [0.3, 0.4) is 0 Å². The number of hydrogen-bond donors (Lipinski definition) is 1. The number of hydrogen-bond acceptors (Lipinski definition) is 4. The molecule has 0 heterocycles. The Morgan fingerprint density at radius 1 is 1.25 bits per heavy atom. The summed E-state index contributed by atoms with van der Waals surface area (Å²) in [5.74, 6) is 1.69. The number of fused-ring (bicyclic) bond motifs is 1. The molecule has 2 N–H and O–H groups in total. The molecule has 1 aliphatic rings. The van der Waals surface area contributed by atoms with Crippen LogP contribution in [-0.2, 0) is 11.2 Å². The minimum Gasteiger partial charge on any atom is -0.493 e. The summed E-state index contributed by atoms with van der Waals surface area (Å²) in [6.07, 6.45) is 3.24. The summed E-state index contributed by atoms with van der Waals surface area (Å²) < 4.78 is 16.3. The summed E-state index contributed by atoms with van der Waals surface area (Å²) in [7, 11) is 4.79. The lowest BCUT2D eigenvalue weighted by Crippen LogP contribution is -2.20. The molecule has 1 atom stereocenters. The number of carbonyl (C=O) groups is 1. The van der Waals surface area contributed by atoms with E-state index in [1.165, 1.54) is 0 Å². The van der Waals surface area contributed by atoms with Crippen LogP contribution < -0.4 is 19.9 Å². The fraction of sp³-hybridized carbons (Fsp3) is 0.533. The molecule has 1 aliphatic carbocycles. The Morgan fingerprint density at radius 2 is 1.95 bits per heavy atom. The van der Waals surface area contributed by atoms with Crippen LogP contribution in [0.5, 0.6) is 17.2 Å². The van der Waals surface area contributed by atoms with Crippen molar-refractivity contribution in [3.05, 3.63) is 17.2 Å². The molecule has 1 aromatic carbocycles. The van der Waals surface area contributed by atoms with Gasteiger partial charge in [0.15, 0.2) is 11.5 Å². The highest BCUT2D eigenvalue weighted by Crippen LogP contribution is 2.48. The molecule has 1 amide bonds. The summed E-state index contributed by atoms with van der Waals surface area (Å²) >= 11 is 0. The minimum absolute atomic E-state index is 0.0889. The van der Waals surface area contributed by atoms with Gasteiger partial charge in [0.25, 0.3) is 0 Å². The number of aryl methyl sites for hydroxylation is 1. The second kappa shape index (κ2) is 6.03. The van der Waals surface area contributed by atoms with E-state index in [1.807, 2.05) is 6.07 Å². The SMILES string of the molecule is COc1cc2c(c(OC)c1OC)C(CC(N)=O)CCC2. The topological polar surface area (TPSA) is 70.8 Å². The first-order valence-corrected chi connectivity index (χ1v) is 6.72. The summed E-state index contributed by atoms with van der Waals surface area (Å²) in [6.45, 7) is 0. The van der Waals surface area contributed by atoms with Crippen LogP contribution in [0.2, 0.25) is 0 Å². The number of ether oxygens (including phenoxy) is 3. The van der Waals surface area contributed by atoms with Gasteiger partial charge in [0, 0.05) is 12.0 Å². The van der Waals surface area contributed by atoms with Crippen LogP contribution >= 0.6 is 0 Å². The van der Waals surface area contributed by atoms with Gasteiger partial charge in [-0.25, -0.2) is 0 Å². The van der Waals surface area contributed by atoms with Gasteiger partial charge in [0.05, 0.1) is 21.3 Å². The van der Waals surface area contributed by atoms with E-state index in [0.717, 1.165) is 30.4 Å². The summed E-state index contributed by atoms with van der Waals surface area (Å²) in [4.78, 5) is 11.3. The quantitative estimate of drug-likeness (QED) is 0.895. The van der Waals surface area contributed by atoms with E-state index in [4.69, 9.17) is 19.9 Å². The van der Waals surface area contributed by atoms with E-state index >= 15 is 0 Å². The Bertz CT molecular complexity index is 513. The van der Waals surface area contributed by atoms with Crippen molar-refractivity contribution in [3.63, 3.8) is 0 Å². The van der Waals surface area contributed by atoms with E-state index in [-0.39, 0.29) is 11.8 Å². The predicted octanol–water partition coefficient (Wildman–Crippen LogP) is 2.01. The number of rotatable bonds is 5. The van der Waals surface area contributed by atoms with Gasteiger partial charge in [-0.2, -0.15) is 0 Å². The molecular formula is C15H21NO4. The molecule has 0 spiro atoms. The molecule has 0 aliphatic heterocycles. The van der Waals surface area contributed by atoms with Crippen LogP contribution in [0.4, 0.5) is 0 Å². The number of methoxy groups -OCH3 is 3. The van der Waals surface area contributed by atoms with E-state index in [0.29, 0.717) is 23.7 Å². The molecule has 2 rings (SSSR count). The largest absolute Gasteiger partial charge is 0.493 e. The van der Waals surface area contributed by atoms with Crippen molar-refractivity contribution in [1.82, 2.24) is 0 Å². The number of nitrogens with two attached hydrogens (primary N) is 1. The zero-order valence-corrected chi connectivity index (χ0v) is 12.2. The van der Waals surface area contributed by atoms with E-state index in [1.54, 1.807) is 21.3 Å². The maximum absolute atomic E-state index is 11.3. The third kappa shape index (κ3) is 2.53. The monoisotopic (exact) mass is 279 g/mol. The highest BCUT2D eigenvalue weighted by molar-refractivity contribution is 5.75. The second-order valence-electron chi connectivity index (χ2n) is 4.98. The predicted molar refractivity (Wildman–Crippen MR) is 75.6 cm³/mol. The van der Waals surface area contributed by atoms with Gasteiger partial charge in [-0.3, -0.25) is 4.79 Å². The summed E-state index contributed by atoms with van der Waals surface area (Å²) in [6, 6.07) is 1.98. The molecule has 1 unspecified atom stereocenters. The third-order valence-electron chi connectivity index (χ3n) is 3.81. The Hall–Kier alpha value is -1.91. The standard InChI is InChI=1S/C15H21NO4/c1-18-11-7-9-5-4-6-10(8-12(16)17)13(9)15(20-3)14(11)19-2/h7,10H,4-6,8H2,1-3H3,(H2,16,17). The lowest BCUT2D eigenvalue weighted by molar-refractivity contribution is -0.118. The van der Waals surface area contributed by atoms with Crippen molar-refractivity contribution < 1.29 is 19.0 Å². The van der Waals surface area contributed by atoms with Crippen molar-refractivity contribution >= 4 is 5.91 Å². The van der Waals surface area contributed by atoms with Crippen LogP contribution in [0.1, 0.15) is 36.3 Å². The summed E-state index contributed by atoms with van der Waals surface area (Å²) in [5.41, 5.74) is 7.55. The normalized spacial score (nSPS) is 17.2. The van der Waals surface area contributed by atoms with Crippen LogP contribution in [0.25, 0.3) is 0 Å². The molecule has 0 fully saturated rings. The highest BCUT2D eigenvalue weighted by atomic mass is 16.5. The Balaban J connectivity index is 2.58. The lowest BCUT2D eigenvalue weighted by atomic mass is 9.80. The van der Waals surface area contributed by atoms with Gasteiger partial charge in [-0.15, -0.1) is 0 Å². The van der Waals surface area contributed by atoms with Gasteiger partial charge in [-0.1, -0.05) is 0 Å². The van der Waals surface area contributed by atoms with E-state index in [2.05, 4.69) is 0 Å². The molecule has 110 valence electrons. The zero-order valence-electron chi connectivity index (χ0n) is 12.2. The lowest BCUT2D eigenvalue weighted by Gasteiger charge is -2.28. The van der Waals surface area contributed by atoms with Gasteiger partial charge in [-0.05, 0) is 36.8 Å². The third-order valence-corrected chi connectivity index (χ3v) is 3.81. The average Bonchev–Trinajstić information content (AvgIpc) is 2.44. The Morgan fingerprint density at radius 3 is 2.50 bits per heavy atom. The van der Waals surface area contributed by atoms with E-state index in [9.17, 15) is 4.79 Å². The molecule has 0 saturated carbocycles. The van der Waals surface area contributed by atoms with Crippen molar-refractivity contribution in [2.45, 2.75) is 31.6 Å². The molecule has 1 aromatic rings. The number of carbonyl (C=O) groups excluding carboxylic acids is 1. The van der Waals surface area contributed by atoms with Crippen LogP contribution in [0.15, 0.2) is 6.07 Å². The Labute approximate surface area is 119 Å². The van der Waals surface area contributed by atoms with Crippen molar-refractivity contribution in [2.75, 3.05) is 21.3 Å². The van der Waals surface area contributed by atoms with Gasteiger partial charge in [0.2, 0.25) is 11.7 Å². The smallest absolute Gasteiger partial charge is 0.218 e. The fourth-order valence-electron chi connectivity index (χ4n) is 3.01. The Kier molecular flexibility index (Phi) is 4.37. The maximum Gasteiger partial charge on any atom is 0.218 e. The zero-order chi connectivity index (χ0) is 14.7. The number of primary amides is 1. The number of benzene rings is 1. The fourth-order valence-corrected chi connectivity index (χ4v) is 3.01. The van der Waals surface area contributed by atoms with Crippen molar-refractivity contribution in [1.29, 1.82) is 0 Å². The first kappa shape index (κ1) is 14.5. The molecule has 0 saturated heterocycles. The molecule has 0 aromatic heterocycles. The highest BCUT2D eigenvalue weighted by Gasteiger charge is 2.29. The molecule has 0 radical (unpaired) electrons. The first-order chi connectivity index (χ1) is 9.62. The molecule has 20 heavy (non-hydrogen) atoms. The van der Waals surface area contributed by atoms with Crippen LogP contribution in [-0.4, -0.2) is 27.2 Å². The van der Waals surface area contributed by atoms with Crippen molar-refractivity contribution in [2.24, 2.45) is 5.73 Å². The van der Waals surface area contributed by atoms with Gasteiger partial charge >= 0.3 is 0 Å². The molecule has 5 nitrogen and oxygen atoms in total. The molecule has 5 heteroatoms.